The molecule has 0 aliphatic heterocycles. The van der Waals surface area contributed by atoms with E-state index in [4.69, 9.17) is 9.15 Å². The van der Waals surface area contributed by atoms with E-state index in [1.165, 1.54) is 0 Å². The molecule has 0 unspecified atom stereocenters. The van der Waals surface area contributed by atoms with Crippen molar-refractivity contribution < 1.29 is 13.9 Å². The number of nitrogens with one attached hydrogen (secondary N) is 1. The number of rotatable bonds is 5. The van der Waals surface area contributed by atoms with Crippen molar-refractivity contribution in [2.45, 2.75) is 27.2 Å². The SMILES string of the molecule is CCCNC(=O)c1oc2ccc(OCC)cc2c1C. The Hall–Kier alpha value is -1.97. The van der Waals surface area contributed by atoms with Crippen molar-refractivity contribution in [1.82, 2.24) is 5.32 Å². The fourth-order valence-corrected chi connectivity index (χ4v) is 1.99. The Morgan fingerprint density at radius 2 is 2.16 bits per heavy atom. The van der Waals surface area contributed by atoms with Crippen LogP contribution in [0.3, 0.4) is 0 Å². The first-order valence-corrected chi connectivity index (χ1v) is 6.61. The number of hydrogen-bond donors (Lipinski definition) is 1. The average Bonchev–Trinajstić information content (AvgIpc) is 2.74. The summed E-state index contributed by atoms with van der Waals surface area (Å²) in [6, 6.07) is 5.60. The summed E-state index contributed by atoms with van der Waals surface area (Å²) >= 11 is 0. The minimum absolute atomic E-state index is 0.159. The van der Waals surface area contributed by atoms with Gasteiger partial charge in [-0.05, 0) is 38.5 Å². The van der Waals surface area contributed by atoms with E-state index < -0.39 is 0 Å². The van der Waals surface area contributed by atoms with E-state index in [2.05, 4.69) is 5.32 Å². The summed E-state index contributed by atoms with van der Waals surface area (Å²) < 4.78 is 11.1. The van der Waals surface area contributed by atoms with Crippen molar-refractivity contribution in [2.24, 2.45) is 0 Å². The van der Waals surface area contributed by atoms with Crippen LogP contribution in [0, 0.1) is 6.92 Å². The molecule has 19 heavy (non-hydrogen) atoms. The topological polar surface area (TPSA) is 51.5 Å². The molecule has 4 nitrogen and oxygen atoms in total. The van der Waals surface area contributed by atoms with E-state index in [-0.39, 0.29) is 5.91 Å². The van der Waals surface area contributed by atoms with Gasteiger partial charge in [-0.3, -0.25) is 4.79 Å². The molecule has 0 atom stereocenters. The Kier molecular flexibility index (Phi) is 4.10. The number of amides is 1. The number of carbonyl (C=O) groups is 1. The minimum atomic E-state index is -0.159. The van der Waals surface area contributed by atoms with Gasteiger partial charge in [0.25, 0.3) is 5.91 Å². The molecule has 1 N–H and O–H groups in total. The predicted molar refractivity (Wildman–Crippen MR) is 74.7 cm³/mol. The molecule has 0 spiro atoms. The highest BCUT2D eigenvalue weighted by molar-refractivity contribution is 5.99. The van der Waals surface area contributed by atoms with Crippen LogP contribution in [0.15, 0.2) is 22.6 Å². The molecule has 2 aromatic rings. The lowest BCUT2D eigenvalue weighted by Gasteiger charge is -2.01. The van der Waals surface area contributed by atoms with Crippen LogP contribution in [0.2, 0.25) is 0 Å². The highest BCUT2D eigenvalue weighted by Gasteiger charge is 2.17. The first-order chi connectivity index (χ1) is 9.17. The largest absolute Gasteiger partial charge is 0.494 e. The molecule has 0 aliphatic carbocycles. The first kappa shape index (κ1) is 13.5. The third-order valence-corrected chi connectivity index (χ3v) is 2.96. The Balaban J connectivity index is 2.36. The molecular weight excluding hydrogens is 242 g/mol. The number of aryl methyl sites for hydroxylation is 1. The van der Waals surface area contributed by atoms with Gasteiger partial charge in [-0.1, -0.05) is 6.92 Å². The molecular formula is C15H19NO3. The highest BCUT2D eigenvalue weighted by atomic mass is 16.5. The first-order valence-electron chi connectivity index (χ1n) is 6.61. The lowest BCUT2D eigenvalue weighted by Crippen LogP contribution is -2.24. The monoisotopic (exact) mass is 261 g/mol. The van der Waals surface area contributed by atoms with Crippen molar-refractivity contribution in [3.8, 4) is 5.75 Å². The van der Waals surface area contributed by atoms with Gasteiger partial charge in [0.2, 0.25) is 0 Å². The molecule has 0 saturated carbocycles. The molecule has 4 heteroatoms. The van der Waals surface area contributed by atoms with E-state index in [0.717, 1.165) is 23.1 Å². The Bertz CT molecular complexity index is 586. The second-order valence-electron chi connectivity index (χ2n) is 4.40. The van der Waals surface area contributed by atoms with E-state index in [0.29, 0.717) is 24.5 Å². The second-order valence-corrected chi connectivity index (χ2v) is 4.40. The van der Waals surface area contributed by atoms with Crippen LogP contribution in [0.25, 0.3) is 11.0 Å². The van der Waals surface area contributed by atoms with Crippen molar-refractivity contribution in [2.75, 3.05) is 13.2 Å². The van der Waals surface area contributed by atoms with Gasteiger partial charge in [0, 0.05) is 17.5 Å². The lowest BCUT2D eigenvalue weighted by atomic mass is 10.1. The second kappa shape index (κ2) is 5.78. The van der Waals surface area contributed by atoms with Crippen LogP contribution in [0.1, 0.15) is 36.4 Å². The molecule has 0 fully saturated rings. The standard InChI is InChI=1S/C15H19NO3/c1-4-8-16-15(17)14-10(3)12-9-11(18-5-2)6-7-13(12)19-14/h6-7,9H,4-5,8H2,1-3H3,(H,16,17). The third-order valence-electron chi connectivity index (χ3n) is 2.96. The van der Waals surface area contributed by atoms with E-state index >= 15 is 0 Å². The van der Waals surface area contributed by atoms with E-state index in [9.17, 15) is 4.79 Å². The Morgan fingerprint density at radius 1 is 1.37 bits per heavy atom. The van der Waals surface area contributed by atoms with E-state index in [1.54, 1.807) is 0 Å². The summed E-state index contributed by atoms with van der Waals surface area (Å²) in [6.45, 7) is 7.12. The molecule has 1 amide bonds. The van der Waals surface area contributed by atoms with Gasteiger partial charge in [-0.2, -0.15) is 0 Å². The molecule has 102 valence electrons. The van der Waals surface area contributed by atoms with Crippen molar-refractivity contribution in [3.63, 3.8) is 0 Å². The van der Waals surface area contributed by atoms with Gasteiger partial charge < -0.3 is 14.5 Å². The summed E-state index contributed by atoms with van der Waals surface area (Å²) in [5.41, 5.74) is 1.56. The summed E-state index contributed by atoms with van der Waals surface area (Å²) in [5.74, 6) is 1.02. The number of carbonyl (C=O) groups excluding carboxylic acids is 1. The normalized spacial score (nSPS) is 10.7. The number of fused-ring (bicyclic) bond motifs is 1. The number of benzene rings is 1. The van der Waals surface area contributed by atoms with Crippen molar-refractivity contribution in [3.05, 3.63) is 29.5 Å². The predicted octanol–water partition coefficient (Wildman–Crippen LogP) is 3.28. The number of hydrogen-bond acceptors (Lipinski definition) is 3. The fraction of sp³-hybridized carbons (Fsp3) is 0.400. The van der Waals surface area contributed by atoms with Gasteiger partial charge in [0.15, 0.2) is 5.76 Å². The smallest absolute Gasteiger partial charge is 0.287 e. The van der Waals surface area contributed by atoms with Crippen LogP contribution in [0.5, 0.6) is 5.75 Å². The zero-order chi connectivity index (χ0) is 13.8. The molecule has 0 saturated heterocycles. The Morgan fingerprint density at radius 3 is 2.84 bits per heavy atom. The van der Waals surface area contributed by atoms with Crippen LogP contribution < -0.4 is 10.1 Å². The van der Waals surface area contributed by atoms with Crippen LogP contribution >= 0.6 is 0 Å². The summed E-state index contributed by atoms with van der Waals surface area (Å²) in [6.07, 6.45) is 0.902. The quantitative estimate of drug-likeness (QED) is 0.898. The summed E-state index contributed by atoms with van der Waals surface area (Å²) in [4.78, 5) is 12.0. The van der Waals surface area contributed by atoms with Crippen molar-refractivity contribution in [1.29, 1.82) is 0 Å². The maximum atomic E-state index is 12.0. The van der Waals surface area contributed by atoms with Gasteiger partial charge >= 0.3 is 0 Å². The van der Waals surface area contributed by atoms with Crippen LogP contribution in [0.4, 0.5) is 0 Å². The zero-order valence-electron chi connectivity index (χ0n) is 11.6. The van der Waals surface area contributed by atoms with Crippen LogP contribution in [-0.4, -0.2) is 19.1 Å². The molecule has 1 heterocycles. The lowest BCUT2D eigenvalue weighted by molar-refractivity contribution is 0.0927. The summed E-state index contributed by atoms with van der Waals surface area (Å²) in [7, 11) is 0. The average molecular weight is 261 g/mol. The zero-order valence-corrected chi connectivity index (χ0v) is 11.6. The van der Waals surface area contributed by atoms with Crippen LogP contribution in [-0.2, 0) is 0 Å². The molecule has 0 radical (unpaired) electrons. The molecule has 1 aromatic heterocycles. The highest BCUT2D eigenvalue weighted by Crippen LogP contribution is 2.28. The maximum absolute atomic E-state index is 12.0. The van der Waals surface area contributed by atoms with Gasteiger partial charge in [-0.15, -0.1) is 0 Å². The van der Waals surface area contributed by atoms with Crippen molar-refractivity contribution >= 4 is 16.9 Å². The number of furan rings is 1. The molecule has 0 aliphatic rings. The molecule has 1 aromatic carbocycles. The maximum Gasteiger partial charge on any atom is 0.287 e. The fourth-order valence-electron chi connectivity index (χ4n) is 1.99. The minimum Gasteiger partial charge on any atom is -0.494 e. The number of ether oxygens (including phenoxy) is 1. The molecule has 0 bridgehead atoms. The molecule has 2 rings (SSSR count). The van der Waals surface area contributed by atoms with Gasteiger partial charge in [0.1, 0.15) is 11.3 Å². The van der Waals surface area contributed by atoms with E-state index in [1.807, 2.05) is 39.0 Å². The third kappa shape index (κ3) is 2.72. The Labute approximate surface area is 112 Å². The van der Waals surface area contributed by atoms with Gasteiger partial charge in [0.05, 0.1) is 6.61 Å². The summed E-state index contributed by atoms with van der Waals surface area (Å²) in [5, 5.41) is 3.75. The van der Waals surface area contributed by atoms with Gasteiger partial charge in [-0.25, -0.2) is 0 Å².